The third kappa shape index (κ3) is 3.15. The van der Waals surface area contributed by atoms with E-state index in [1.807, 2.05) is 42.6 Å². The molecule has 0 spiro atoms. The lowest BCUT2D eigenvalue weighted by Gasteiger charge is -2.13. The number of carbonyl (C=O) groups is 1. The van der Waals surface area contributed by atoms with Gasteiger partial charge in [-0.05, 0) is 42.5 Å². The highest BCUT2D eigenvalue weighted by Crippen LogP contribution is 2.39. The number of ketones is 1. The highest BCUT2D eigenvalue weighted by Gasteiger charge is 2.19. The first-order chi connectivity index (χ1) is 15.6. The largest absolute Gasteiger partial charge is 0.493 e. The average Bonchev–Trinajstić information content (AvgIpc) is 3.45. The number of benzene rings is 3. The maximum absolute atomic E-state index is 13.4. The van der Waals surface area contributed by atoms with Gasteiger partial charge in [0.05, 0.1) is 32.4 Å². The van der Waals surface area contributed by atoms with Crippen LogP contribution in [0.4, 0.5) is 0 Å². The highest BCUT2D eigenvalue weighted by molar-refractivity contribution is 6.12. The number of rotatable bonds is 6. The van der Waals surface area contributed by atoms with Gasteiger partial charge in [0.2, 0.25) is 5.75 Å². The van der Waals surface area contributed by atoms with Gasteiger partial charge in [0.1, 0.15) is 5.82 Å². The van der Waals surface area contributed by atoms with E-state index < -0.39 is 0 Å². The topological polar surface area (TPSA) is 89.2 Å². The van der Waals surface area contributed by atoms with E-state index in [0.29, 0.717) is 28.4 Å². The minimum atomic E-state index is -0.150. The van der Waals surface area contributed by atoms with Gasteiger partial charge in [0.15, 0.2) is 17.3 Å². The maximum Gasteiger partial charge on any atom is 0.203 e. The summed E-state index contributed by atoms with van der Waals surface area (Å²) in [5, 5.41) is 0.905. The smallest absolute Gasteiger partial charge is 0.203 e. The van der Waals surface area contributed by atoms with Crippen molar-refractivity contribution in [3.05, 3.63) is 71.9 Å². The van der Waals surface area contributed by atoms with Crippen LogP contribution < -0.4 is 14.2 Å². The van der Waals surface area contributed by atoms with Crippen molar-refractivity contribution in [3.63, 3.8) is 0 Å². The number of nitrogens with zero attached hydrogens (tertiary/aromatic N) is 1. The molecule has 2 heterocycles. The maximum atomic E-state index is 13.4. The molecule has 0 unspecified atom stereocenters. The monoisotopic (exact) mass is 427 g/mol. The van der Waals surface area contributed by atoms with E-state index in [9.17, 15) is 4.79 Å². The van der Waals surface area contributed by atoms with Gasteiger partial charge >= 0.3 is 0 Å². The number of fused-ring (bicyclic) bond motifs is 2. The van der Waals surface area contributed by atoms with Gasteiger partial charge in [0.25, 0.3) is 0 Å². The summed E-state index contributed by atoms with van der Waals surface area (Å²) in [4.78, 5) is 24.7. The molecule has 5 aromatic rings. The van der Waals surface area contributed by atoms with Crippen molar-refractivity contribution in [2.75, 3.05) is 21.3 Å². The van der Waals surface area contributed by atoms with Crippen molar-refractivity contribution >= 4 is 27.7 Å². The van der Waals surface area contributed by atoms with Gasteiger partial charge in [-0.15, -0.1) is 0 Å². The Morgan fingerprint density at radius 1 is 0.844 bits per heavy atom. The van der Waals surface area contributed by atoms with E-state index in [2.05, 4.69) is 9.97 Å². The Balaban J connectivity index is 1.59. The molecule has 0 saturated heterocycles. The molecule has 3 aromatic carbocycles. The molecule has 7 heteroatoms. The van der Waals surface area contributed by atoms with Crippen LogP contribution in [0.25, 0.3) is 33.3 Å². The molecule has 0 saturated carbocycles. The van der Waals surface area contributed by atoms with Crippen LogP contribution in [0.3, 0.4) is 0 Å². The normalized spacial score (nSPS) is 11.1. The molecule has 32 heavy (non-hydrogen) atoms. The van der Waals surface area contributed by atoms with Crippen LogP contribution in [0.5, 0.6) is 17.2 Å². The number of aromatic nitrogens is 3. The lowest BCUT2D eigenvalue weighted by molar-refractivity contribution is 0.103. The summed E-state index contributed by atoms with van der Waals surface area (Å²) in [6, 6.07) is 16.8. The number of carbonyl (C=O) groups excluding carboxylic acids is 1. The zero-order valence-corrected chi connectivity index (χ0v) is 17.9. The summed E-state index contributed by atoms with van der Waals surface area (Å²) >= 11 is 0. The average molecular weight is 427 g/mol. The van der Waals surface area contributed by atoms with Crippen LogP contribution >= 0.6 is 0 Å². The second-order valence-electron chi connectivity index (χ2n) is 7.31. The van der Waals surface area contributed by atoms with E-state index in [4.69, 9.17) is 19.2 Å². The fourth-order valence-electron chi connectivity index (χ4n) is 3.92. The fourth-order valence-corrected chi connectivity index (χ4v) is 3.92. The third-order valence-corrected chi connectivity index (χ3v) is 5.52. The molecular weight excluding hydrogens is 406 g/mol. The predicted octanol–water partition coefficient (Wildman–Crippen LogP) is 4.97. The lowest BCUT2D eigenvalue weighted by Crippen LogP contribution is -2.04. The molecule has 0 aliphatic heterocycles. The van der Waals surface area contributed by atoms with Gasteiger partial charge in [0, 0.05) is 33.8 Å². The number of H-pyrrole nitrogens is 2. The van der Waals surface area contributed by atoms with Crippen LogP contribution in [0.2, 0.25) is 0 Å². The number of hydrogen-bond acceptors (Lipinski definition) is 5. The van der Waals surface area contributed by atoms with E-state index in [1.54, 1.807) is 18.2 Å². The van der Waals surface area contributed by atoms with Gasteiger partial charge in [-0.2, -0.15) is 0 Å². The second-order valence-corrected chi connectivity index (χ2v) is 7.31. The van der Waals surface area contributed by atoms with Crippen LogP contribution in [-0.2, 0) is 0 Å². The molecule has 5 rings (SSSR count). The Morgan fingerprint density at radius 3 is 2.28 bits per heavy atom. The van der Waals surface area contributed by atoms with Crippen molar-refractivity contribution in [2.45, 2.75) is 0 Å². The first kappa shape index (κ1) is 19.7. The van der Waals surface area contributed by atoms with Crippen LogP contribution in [0.1, 0.15) is 15.9 Å². The molecule has 0 radical (unpaired) electrons. The first-order valence-corrected chi connectivity index (χ1v) is 10.0. The molecule has 0 amide bonds. The molecular formula is C25H21N3O4. The second kappa shape index (κ2) is 7.77. The summed E-state index contributed by atoms with van der Waals surface area (Å²) in [7, 11) is 4.58. The van der Waals surface area contributed by atoms with E-state index in [0.717, 1.165) is 33.3 Å². The summed E-state index contributed by atoms with van der Waals surface area (Å²) in [5.41, 5.74) is 4.66. The van der Waals surface area contributed by atoms with Crippen molar-refractivity contribution in [3.8, 4) is 28.6 Å². The summed E-state index contributed by atoms with van der Waals surface area (Å²) < 4.78 is 16.1. The van der Waals surface area contributed by atoms with Gasteiger partial charge < -0.3 is 24.2 Å². The number of ether oxygens (including phenoxy) is 3. The Labute approximate surface area is 184 Å². The van der Waals surface area contributed by atoms with Gasteiger partial charge in [-0.3, -0.25) is 4.79 Å². The molecule has 2 N–H and O–H groups in total. The fraction of sp³-hybridized carbons (Fsp3) is 0.120. The highest BCUT2D eigenvalue weighted by atomic mass is 16.5. The number of aromatic amines is 2. The zero-order valence-electron chi connectivity index (χ0n) is 17.9. The minimum absolute atomic E-state index is 0.150. The van der Waals surface area contributed by atoms with Crippen molar-refractivity contribution < 1.29 is 19.0 Å². The van der Waals surface area contributed by atoms with Crippen LogP contribution in [0.15, 0.2) is 60.8 Å². The SMILES string of the molecule is COc1cc(C(=O)c2ccc3[nH]cc(-c4nc5ccccc5[nH]4)c3c2)cc(OC)c1OC. The number of methoxy groups -OCH3 is 3. The summed E-state index contributed by atoms with van der Waals surface area (Å²) in [5.74, 6) is 1.90. The van der Waals surface area contributed by atoms with Crippen LogP contribution in [-0.4, -0.2) is 42.1 Å². The predicted molar refractivity (Wildman–Crippen MR) is 123 cm³/mol. The number of hydrogen-bond donors (Lipinski definition) is 2. The molecule has 0 bridgehead atoms. The first-order valence-electron chi connectivity index (χ1n) is 10.0. The van der Waals surface area contributed by atoms with Crippen molar-refractivity contribution in [1.29, 1.82) is 0 Å². The number of nitrogens with one attached hydrogen (secondary N) is 2. The van der Waals surface area contributed by atoms with Crippen molar-refractivity contribution in [1.82, 2.24) is 15.0 Å². The van der Waals surface area contributed by atoms with E-state index >= 15 is 0 Å². The van der Waals surface area contributed by atoms with Crippen LogP contribution in [0, 0.1) is 0 Å². The molecule has 160 valence electrons. The minimum Gasteiger partial charge on any atom is -0.493 e. The van der Waals surface area contributed by atoms with Gasteiger partial charge in [-0.25, -0.2) is 4.98 Å². The zero-order chi connectivity index (χ0) is 22.2. The Bertz CT molecular complexity index is 1410. The lowest BCUT2D eigenvalue weighted by atomic mass is 10.00. The Morgan fingerprint density at radius 2 is 1.59 bits per heavy atom. The molecule has 0 atom stereocenters. The van der Waals surface area contributed by atoms with E-state index in [-0.39, 0.29) is 5.78 Å². The summed E-state index contributed by atoms with van der Waals surface area (Å²) in [6.07, 6.45) is 1.90. The quantitative estimate of drug-likeness (QED) is 0.374. The molecule has 7 nitrogen and oxygen atoms in total. The third-order valence-electron chi connectivity index (χ3n) is 5.52. The van der Waals surface area contributed by atoms with Crippen molar-refractivity contribution in [2.24, 2.45) is 0 Å². The molecule has 0 aliphatic carbocycles. The van der Waals surface area contributed by atoms with E-state index in [1.165, 1.54) is 21.3 Å². The molecule has 0 fully saturated rings. The standard InChI is InChI=1S/C25H21N3O4/c1-30-21-11-15(12-22(31-2)24(21)32-3)23(29)14-8-9-18-16(10-14)17(13-26-18)25-27-19-6-4-5-7-20(19)28-25/h4-13,26H,1-3H3,(H,27,28). The number of para-hydroxylation sites is 2. The Kier molecular flexibility index (Phi) is 4.78. The Hall–Kier alpha value is -4.26. The number of imidazole rings is 1. The molecule has 2 aromatic heterocycles. The van der Waals surface area contributed by atoms with Gasteiger partial charge in [-0.1, -0.05) is 12.1 Å². The summed E-state index contributed by atoms with van der Waals surface area (Å²) in [6.45, 7) is 0. The molecule has 0 aliphatic rings.